The molecule has 0 spiro atoms. The van der Waals surface area contributed by atoms with Gasteiger partial charge in [-0.15, -0.1) is 0 Å². The van der Waals surface area contributed by atoms with Crippen LogP contribution in [0.5, 0.6) is 0 Å². The largest absolute Gasteiger partial charge is 0.338 e. The Kier molecular flexibility index (Phi) is 5.28. The van der Waals surface area contributed by atoms with E-state index in [-0.39, 0.29) is 11.1 Å². The van der Waals surface area contributed by atoms with Gasteiger partial charge in [-0.05, 0) is 46.5 Å². The van der Waals surface area contributed by atoms with E-state index in [4.69, 9.17) is 5.21 Å². The fourth-order valence-electron chi connectivity index (χ4n) is 2.07. The highest BCUT2D eigenvalue weighted by Crippen LogP contribution is 2.31. The Morgan fingerprint density at radius 3 is 1.87 bits per heavy atom. The van der Waals surface area contributed by atoms with Crippen LogP contribution in [0.1, 0.15) is 67.7 Å². The van der Waals surface area contributed by atoms with E-state index in [0.717, 1.165) is 12.8 Å². The lowest BCUT2D eigenvalue weighted by atomic mass is 9.86. The summed E-state index contributed by atoms with van der Waals surface area (Å²) in [6.45, 7) is 15.3. The van der Waals surface area contributed by atoms with Crippen molar-refractivity contribution < 1.29 is 5.21 Å². The van der Waals surface area contributed by atoms with Crippen LogP contribution in [0.2, 0.25) is 0 Å². The monoisotopic (exact) mass is 216 g/mol. The first kappa shape index (κ1) is 14.9. The Labute approximate surface area is 95.6 Å². The lowest BCUT2D eigenvalue weighted by molar-refractivity contribution is -0.228. The molecule has 0 bridgehead atoms. The van der Waals surface area contributed by atoms with E-state index in [9.17, 15) is 0 Å². The molecule has 0 rings (SSSR count). The summed E-state index contributed by atoms with van der Waals surface area (Å²) in [4.78, 5) is 0. The summed E-state index contributed by atoms with van der Waals surface area (Å²) in [6.07, 6.45) is 3.31. The van der Waals surface area contributed by atoms with Gasteiger partial charge in [-0.1, -0.05) is 32.3 Å². The van der Waals surface area contributed by atoms with E-state index in [1.165, 1.54) is 6.42 Å². The van der Waals surface area contributed by atoms with Crippen LogP contribution in [0.4, 0.5) is 0 Å². The highest BCUT2D eigenvalue weighted by Gasteiger charge is 2.40. The number of rotatable bonds is 6. The van der Waals surface area contributed by atoms with Crippen LogP contribution in [-0.2, 0) is 0 Å². The van der Waals surface area contributed by atoms with Crippen LogP contribution in [0.3, 0.4) is 0 Å². The summed E-state index contributed by atoms with van der Waals surface area (Å²) in [5, 5.41) is 10.1. The molecule has 0 aliphatic rings. The molecule has 0 radical (unpaired) electrons. The summed E-state index contributed by atoms with van der Waals surface area (Å²) in [6, 6.07) is 0. The fraction of sp³-hybridized carbons (Fsp3) is 1.00. The minimum Gasteiger partial charge on any atom is -0.338 e. The van der Waals surface area contributed by atoms with Gasteiger partial charge in [0, 0.05) is 0 Å². The molecule has 0 fully saturated rings. The quantitative estimate of drug-likeness (QED) is 0.494. The zero-order chi connectivity index (χ0) is 12.3. The average Bonchev–Trinajstić information content (AvgIpc) is 2.15. The zero-order valence-electron chi connectivity index (χ0n) is 11.6. The second-order valence-electron chi connectivity index (χ2n) is 6.03. The molecule has 0 aromatic rings. The third-order valence-corrected chi connectivity index (χ3v) is 3.62. The Bertz CT molecular complexity index is 187. The van der Waals surface area contributed by atoms with Crippen molar-refractivity contribution in [3.05, 3.63) is 0 Å². The standard InChI is InChI=1S/C13H29NO/c1-8-11(3)10-13(6,7)14(15)12(4,5)9-2/h11,15H,8-10H2,1-7H3/p+1. The Hall–Kier alpha value is -0.0800. The van der Waals surface area contributed by atoms with Gasteiger partial charge in [0.2, 0.25) is 0 Å². The SMILES string of the molecule is CCC(C)CC(C)(C)N([OH2+])C(C)(C)CC. The van der Waals surface area contributed by atoms with Gasteiger partial charge in [-0.3, -0.25) is 0 Å². The van der Waals surface area contributed by atoms with Gasteiger partial charge in [-0.25, -0.2) is 0 Å². The summed E-state index contributed by atoms with van der Waals surface area (Å²) in [7, 11) is 0. The van der Waals surface area contributed by atoms with E-state index in [1.54, 1.807) is 5.06 Å². The molecular weight excluding hydrogens is 186 g/mol. The number of hydrogen-bond acceptors (Lipinski definition) is 1. The molecule has 0 aliphatic heterocycles. The van der Waals surface area contributed by atoms with Crippen molar-refractivity contribution in [3.8, 4) is 0 Å². The first-order chi connectivity index (χ1) is 6.67. The van der Waals surface area contributed by atoms with Crippen LogP contribution >= 0.6 is 0 Å². The molecule has 15 heavy (non-hydrogen) atoms. The van der Waals surface area contributed by atoms with Gasteiger partial charge < -0.3 is 5.21 Å². The average molecular weight is 216 g/mol. The molecule has 2 nitrogen and oxygen atoms in total. The first-order valence-electron chi connectivity index (χ1n) is 6.19. The molecule has 0 aliphatic carbocycles. The van der Waals surface area contributed by atoms with Gasteiger partial charge in [0.15, 0.2) is 0 Å². The molecule has 1 atom stereocenters. The lowest BCUT2D eigenvalue weighted by Crippen LogP contribution is -2.53. The molecule has 0 heterocycles. The van der Waals surface area contributed by atoms with Crippen LogP contribution in [0, 0.1) is 5.92 Å². The molecule has 2 N–H and O–H groups in total. The number of nitrogens with zero attached hydrogens (tertiary/aromatic N) is 1. The molecule has 0 aromatic heterocycles. The second kappa shape index (κ2) is 5.31. The summed E-state index contributed by atoms with van der Waals surface area (Å²) in [5.41, 5.74) is -0.0636. The predicted octanol–water partition coefficient (Wildman–Crippen LogP) is 3.33. The molecule has 0 amide bonds. The van der Waals surface area contributed by atoms with Gasteiger partial charge in [0.05, 0.1) is 11.1 Å². The zero-order valence-corrected chi connectivity index (χ0v) is 11.6. The summed E-state index contributed by atoms with van der Waals surface area (Å²) in [5.74, 6) is 0.695. The van der Waals surface area contributed by atoms with Crippen molar-refractivity contribution in [2.24, 2.45) is 5.92 Å². The number of hydroxylamine groups is 2. The second-order valence-corrected chi connectivity index (χ2v) is 6.03. The van der Waals surface area contributed by atoms with Crippen LogP contribution < -0.4 is 0 Å². The third-order valence-electron chi connectivity index (χ3n) is 3.62. The molecule has 0 aromatic carbocycles. The van der Waals surface area contributed by atoms with Crippen LogP contribution in [0.15, 0.2) is 0 Å². The van der Waals surface area contributed by atoms with Crippen molar-refractivity contribution in [1.82, 2.24) is 5.06 Å². The highest BCUT2D eigenvalue weighted by atomic mass is 16.5. The van der Waals surface area contributed by atoms with Gasteiger partial charge in [-0.2, -0.15) is 0 Å². The fourth-order valence-corrected chi connectivity index (χ4v) is 2.07. The molecule has 92 valence electrons. The van der Waals surface area contributed by atoms with Crippen LogP contribution in [-0.4, -0.2) is 21.3 Å². The topological polar surface area (TPSA) is 26.1 Å². The van der Waals surface area contributed by atoms with Gasteiger partial charge in [0.25, 0.3) is 0 Å². The smallest absolute Gasteiger partial charge is 0.0837 e. The Morgan fingerprint density at radius 1 is 1.07 bits per heavy atom. The Morgan fingerprint density at radius 2 is 1.53 bits per heavy atom. The van der Waals surface area contributed by atoms with Gasteiger partial charge in [0.1, 0.15) is 0 Å². The predicted molar refractivity (Wildman–Crippen MR) is 68.0 cm³/mol. The third kappa shape index (κ3) is 4.12. The molecule has 0 saturated heterocycles. The molecule has 2 heteroatoms. The van der Waals surface area contributed by atoms with Crippen molar-refractivity contribution in [2.75, 3.05) is 0 Å². The molecular formula is C13H30NO+. The Balaban J connectivity index is 4.57. The van der Waals surface area contributed by atoms with Crippen molar-refractivity contribution in [1.29, 1.82) is 0 Å². The minimum atomic E-state index is -0.0328. The van der Waals surface area contributed by atoms with Gasteiger partial charge >= 0.3 is 0 Å². The first-order valence-corrected chi connectivity index (χ1v) is 6.19. The minimum absolute atomic E-state index is 0.0308. The maximum atomic E-state index is 8.28. The van der Waals surface area contributed by atoms with Crippen molar-refractivity contribution in [2.45, 2.75) is 78.8 Å². The number of hydrogen-bond donors (Lipinski definition) is 0. The van der Waals surface area contributed by atoms with Crippen molar-refractivity contribution in [3.63, 3.8) is 0 Å². The maximum absolute atomic E-state index is 8.28. The highest BCUT2D eigenvalue weighted by molar-refractivity contribution is 4.87. The molecule has 1 unspecified atom stereocenters. The van der Waals surface area contributed by atoms with E-state index in [2.05, 4.69) is 48.5 Å². The van der Waals surface area contributed by atoms with Crippen molar-refractivity contribution >= 4 is 0 Å². The lowest BCUT2D eigenvalue weighted by Gasteiger charge is -2.40. The van der Waals surface area contributed by atoms with E-state index in [1.807, 2.05) is 0 Å². The van der Waals surface area contributed by atoms with E-state index >= 15 is 0 Å². The van der Waals surface area contributed by atoms with E-state index in [0.29, 0.717) is 5.92 Å². The normalized spacial score (nSPS) is 15.8. The maximum Gasteiger partial charge on any atom is 0.0837 e. The molecule has 0 saturated carbocycles. The summed E-state index contributed by atoms with van der Waals surface area (Å²) >= 11 is 0. The summed E-state index contributed by atoms with van der Waals surface area (Å²) < 4.78 is 0. The van der Waals surface area contributed by atoms with E-state index < -0.39 is 0 Å². The van der Waals surface area contributed by atoms with Crippen LogP contribution in [0.25, 0.3) is 0 Å².